The van der Waals surface area contributed by atoms with E-state index >= 15 is 0 Å². The summed E-state index contributed by atoms with van der Waals surface area (Å²) in [5.74, 6) is 0. The Morgan fingerprint density at radius 1 is 1.70 bits per heavy atom. The standard InChI is InChI=1S/C6H11N2OP/c1-5-4-8(2)6(7-5)10(3)9/h4,10H,1-3H3. The molecule has 0 aliphatic heterocycles. The van der Waals surface area contributed by atoms with E-state index in [0.29, 0.717) is 5.57 Å². The lowest BCUT2D eigenvalue weighted by molar-refractivity contribution is 0.594. The molecule has 1 rings (SSSR count). The zero-order valence-electron chi connectivity index (χ0n) is 6.38. The van der Waals surface area contributed by atoms with Gasteiger partial charge in [-0.05, 0) is 13.6 Å². The highest BCUT2D eigenvalue weighted by Crippen LogP contribution is 2.11. The first-order chi connectivity index (χ1) is 4.61. The van der Waals surface area contributed by atoms with Crippen LogP contribution in [0, 0.1) is 6.92 Å². The maximum Gasteiger partial charge on any atom is 0.166 e. The van der Waals surface area contributed by atoms with E-state index in [-0.39, 0.29) is 0 Å². The minimum Gasteiger partial charge on any atom is -0.332 e. The Morgan fingerprint density at radius 2 is 2.30 bits per heavy atom. The van der Waals surface area contributed by atoms with Gasteiger partial charge in [-0.1, -0.05) is 0 Å². The molecule has 0 saturated heterocycles. The van der Waals surface area contributed by atoms with E-state index in [2.05, 4.69) is 4.98 Å². The van der Waals surface area contributed by atoms with Crippen LogP contribution in [-0.2, 0) is 11.6 Å². The van der Waals surface area contributed by atoms with Crippen LogP contribution in [0.2, 0.25) is 0 Å². The number of imidazole rings is 1. The van der Waals surface area contributed by atoms with Crippen LogP contribution < -0.4 is 5.57 Å². The summed E-state index contributed by atoms with van der Waals surface area (Å²) >= 11 is 0. The molecule has 0 fully saturated rings. The van der Waals surface area contributed by atoms with Crippen molar-refractivity contribution in [3.8, 4) is 0 Å². The first kappa shape index (κ1) is 7.55. The summed E-state index contributed by atoms with van der Waals surface area (Å²) in [6.07, 6.45) is 1.88. The Kier molecular flexibility index (Phi) is 1.95. The van der Waals surface area contributed by atoms with Gasteiger partial charge in [0.05, 0.1) is 5.69 Å². The van der Waals surface area contributed by atoms with E-state index in [1.165, 1.54) is 0 Å². The average Bonchev–Trinajstić information content (AvgIpc) is 2.10. The largest absolute Gasteiger partial charge is 0.332 e. The molecule has 1 aromatic heterocycles. The number of nitrogens with zero attached hydrogens (tertiary/aromatic N) is 2. The highest BCUT2D eigenvalue weighted by atomic mass is 31.1. The average molecular weight is 158 g/mol. The minimum absolute atomic E-state index is 0.711. The van der Waals surface area contributed by atoms with Crippen molar-refractivity contribution in [2.24, 2.45) is 7.05 Å². The van der Waals surface area contributed by atoms with Crippen LogP contribution in [0.4, 0.5) is 0 Å². The van der Waals surface area contributed by atoms with Crippen LogP contribution in [0.5, 0.6) is 0 Å². The molecule has 4 heteroatoms. The minimum atomic E-state index is -1.62. The molecule has 0 aliphatic rings. The SMILES string of the molecule is Cc1cn(C)c([PH](C)=O)n1. The van der Waals surface area contributed by atoms with Gasteiger partial charge in [0, 0.05) is 13.2 Å². The second-order valence-electron chi connectivity index (χ2n) is 2.37. The third kappa shape index (κ3) is 1.29. The summed E-state index contributed by atoms with van der Waals surface area (Å²) in [5, 5.41) is 0. The predicted octanol–water partition coefficient (Wildman–Crippen LogP) is 0.543. The highest BCUT2D eigenvalue weighted by Gasteiger charge is 2.03. The van der Waals surface area contributed by atoms with Crippen LogP contribution in [0.3, 0.4) is 0 Å². The molecule has 0 spiro atoms. The van der Waals surface area contributed by atoms with Gasteiger partial charge in [0.25, 0.3) is 0 Å². The number of hydrogen-bond donors (Lipinski definition) is 0. The second-order valence-corrected chi connectivity index (χ2v) is 3.93. The molecule has 0 amide bonds. The van der Waals surface area contributed by atoms with E-state index in [0.717, 1.165) is 5.69 Å². The molecule has 0 bridgehead atoms. The van der Waals surface area contributed by atoms with E-state index in [1.807, 2.05) is 24.7 Å². The van der Waals surface area contributed by atoms with Crippen LogP contribution in [-0.4, -0.2) is 16.2 Å². The van der Waals surface area contributed by atoms with Gasteiger partial charge in [0.2, 0.25) is 0 Å². The molecule has 1 unspecified atom stereocenters. The Morgan fingerprint density at radius 3 is 2.50 bits per heavy atom. The maximum atomic E-state index is 11.0. The van der Waals surface area contributed by atoms with Gasteiger partial charge in [-0.2, -0.15) is 0 Å². The Labute approximate surface area is 60.9 Å². The zero-order valence-corrected chi connectivity index (χ0v) is 7.38. The molecule has 1 aromatic rings. The van der Waals surface area contributed by atoms with Gasteiger partial charge >= 0.3 is 0 Å². The molecule has 0 aromatic carbocycles. The summed E-state index contributed by atoms with van der Waals surface area (Å²) in [6, 6.07) is 0. The fourth-order valence-electron chi connectivity index (χ4n) is 0.943. The van der Waals surface area contributed by atoms with Crippen molar-refractivity contribution in [2.45, 2.75) is 6.92 Å². The molecule has 56 valence electrons. The molecule has 0 saturated carbocycles. The highest BCUT2D eigenvalue weighted by molar-refractivity contribution is 7.52. The van der Waals surface area contributed by atoms with E-state index < -0.39 is 7.80 Å². The molecular formula is C6H11N2OP. The number of rotatable bonds is 1. The number of aromatic nitrogens is 2. The molecule has 1 heterocycles. The molecule has 3 nitrogen and oxygen atoms in total. The summed E-state index contributed by atoms with van der Waals surface area (Å²) in [4.78, 5) is 4.11. The molecule has 0 radical (unpaired) electrons. The molecule has 0 N–H and O–H groups in total. The van der Waals surface area contributed by atoms with E-state index in [4.69, 9.17) is 0 Å². The van der Waals surface area contributed by atoms with Crippen molar-refractivity contribution in [3.05, 3.63) is 11.9 Å². The van der Waals surface area contributed by atoms with Gasteiger partial charge in [-0.25, -0.2) is 4.98 Å². The first-order valence-corrected chi connectivity index (χ1v) is 5.03. The predicted molar refractivity (Wildman–Crippen MR) is 42.5 cm³/mol. The van der Waals surface area contributed by atoms with Crippen LogP contribution >= 0.6 is 7.80 Å². The fraction of sp³-hybridized carbons (Fsp3) is 0.500. The zero-order chi connectivity index (χ0) is 7.72. The monoisotopic (exact) mass is 158 g/mol. The summed E-state index contributed by atoms with van der Waals surface area (Å²) in [5.41, 5.74) is 1.64. The van der Waals surface area contributed by atoms with Gasteiger partial charge in [0.1, 0.15) is 7.80 Å². The Bertz CT molecular complexity index is 267. The van der Waals surface area contributed by atoms with Crippen molar-refractivity contribution >= 4 is 13.4 Å². The van der Waals surface area contributed by atoms with Crippen molar-refractivity contribution in [3.63, 3.8) is 0 Å². The fourth-order valence-corrected chi connectivity index (χ4v) is 1.84. The second kappa shape index (κ2) is 2.59. The van der Waals surface area contributed by atoms with Gasteiger partial charge in [0.15, 0.2) is 5.57 Å². The van der Waals surface area contributed by atoms with E-state index in [1.54, 1.807) is 6.66 Å². The van der Waals surface area contributed by atoms with Gasteiger partial charge in [-0.3, -0.25) is 0 Å². The van der Waals surface area contributed by atoms with Crippen molar-refractivity contribution in [1.29, 1.82) is 0 Å². The lowest BCUT2D eigenvalue weighted by Gasteiger charge is -1.93. The Hall–Kier alpha value is -0.560. The summed E-state index contributed by atoms with van der Waals surface area (Å²) in [7, 11) is 0.243. The van der Waals surface area contributed by atoms with Crippen LogP contribution in [0.1, 0.15) is 5.69 Å². The van der Waals surface area contributed by atoms with Crippen molar-refractivity contribution in [2.75, 3.05) is 6.66 Å². The third-order valence-electron chi connectivity index (χ3n) is 1.31. The molecule has 10 heavy (non-hydrogen) atoms. The van der Waals surface area contributed by atoms with Crippen LogP contribution in [0.15, 0.2) is 6.20 Å². The number of hydrogen-bond acceptors (Lipinski definition) is 2. The van der Waals surface area contributed by atoms with Crippen molar-refractivity contribution < 1.29 is 4.57 Å². The lowest BCUT2D eigenvalue weighted by Crippen LogP contribution is -2.09. The molecule has 1 atom stereocenters. The first-order valence-electron chi connectivity index (χ1n) is 3.12. The summed E-state index contributed by atoms with van der Waals surface area (Å²) in [6.45, 7) is 3.60. The molecule has 0 aliphatic carbocycles. The van der Waals surface area contributed by atoms with Crippen molar-refractivity contribution in [1.82, 2.24) is 9.55 Å². The quantitative estimate of drug-likeness (QED) is 0.559. The lowest BCUT2D eigenvalue weighted by atomic mass is 10.6. The summed E-state index contributed by atoms with van der Waals surface area (Å²) < 4.78 is 12.8. The normalized spacial score (nSPS) is 13.5. The smallest absolute Gasteiger partial charge is 0.166 e. The molecular weight excluding hydrogens is 147 g/mol. The van der Waals surface area contributed by atoms with Gasteiger partial charge < -0.3 is 9.13 Å². The Balaban J connectivity index is 3.15. The van der Waals surface area contributed by atoms with Crippen LogP contribution in [0.25, 0.3) is 0 Å². The number of aryl methyl sites for hydroxylation is 2. The third-order valence-corrected chi connectivity index (χ3v) is 2.41. The van der Waals surface area contributed by atoms with Gasteiger partial charge in [-0.15, -0.1) is 0 Å². The maximum absolute atomic E-state index is 11.0. The topological polar surface area (TPSA) is 34.9 Å². The van der Waals surface area contributed by atoms with E-state index in [9.17, 15) is 4.57 Å².